The molecule has 3 unspecified atom stereocenters. The average molecular weight is 273 g/mol. The molecule has 106 valence electrons. The Balaban J connectivity index is 1.73. The SMILES string of the molecule is CNc1cn2ccnc2c(N2CC3CCC(O)C3C2)n1. The smallest absolute Gasteiger partial charge is 0.180 e. The van der Waals surface area contributed by atoms with Gasteiger partial charge in [0, 0.05) is 38.4 Å². The van der Waals surface area contributed by atoms with Crippen molar-refractivity contribution in [3.05, 3.63) is 18.6 Å². The van der Waals surface area contributed by atoms with Gasteiger partial charge in [-0.2, -0.15) is 0 Å². The molecule has 1 saturated carbocycles. The van der Waals surface area contributed by atoms with Crippen LogP contribution in [0.4, 0.5) is 11.6 Å². The van der Waals surface area contributed by atoms with Crippen LogP contribution in [0.2, 0.25) is 0 Å². The molecule has 2 aromatic rings. The largest absolute Gasteiger partial charge is 0.393 e. The number of nitrogens with zero attached hydrogens (tertiary/aromatic N) is 4. The topological polar surface area (TPSA) is 65.7 Å². The lowest BCUT2D eigenvalue weighted by Crippen LogP contribution is -2.26. The first-order valence-corrected chi connectivity index (χ1v) is 7.20. The van der Waals surface area contributed by atoms with Crippen molar-refractivity contribution in [3.63, 3.8) is 0 Å². The highest BCUT2D eigenvalue weighted by atomic mass is 16.3. The van der Waals surface area contributed by atoms with Crippen molar-refractivity contribution in [1.82, 2.24) is 14.4 Å². The quantitative estimate of drug-likeness (QED) is 0.854. The van der Waals surface area contributed by atoms with Crippen LogP contribution < -0.4 is 10.2 Å². The minimum absolute atomic E-state index is 0.145. The predicted octanol–water partition coefficient (Wildman–Crippen LogP) is 0.978. The van der Waals surface area contributed by atoms with E-state index in [1.807, 2.05) is 23.8 Å². The van der Waals surface area contributed by atoms with Gasteiger partial charge in [-0.15, -0.1) is 0 Å². The number of hydrogen-bond acceptors (Lipinski definition) is 5. The van der Waals surface area contributed by atoms with Crippen LogP contribution in [0.3, 0.4) is 0 Å². The lowest BCUT2D eigenvalue weighted by molar-refractivity contribution is 0.133. The number of nitrogens with one attached hydrogen (secondary N) is 1. The lowest BCUT2D eigenvalue weighted by atomic mass is 10.00. The summed E-state index contributed by atoms with van der Waals surface area (Å²) >= 11 is 0. The van der Waals surface area contributed by atoms with Gasteiger partial charge in [-0.3, -0.25) is 0 Å². The molecule has 1 aliphatic heterocycles. The van der Waals surface area contributed by atoms with Crippen molar-refractivity contribution in [2.24, 2.45) is 11.8 Å². The van der Waals surface area contributed by atoms with Gasteiger partial charge >= 0.3 is 0 Å². The van der Waals surface area contributed by atoms with E-state index >= 15 is 0 Å². The first kappa shape index (κ1) is 12.0. The minimum Gasteiger partial charge on any atom is -0.393 e. The fourth-order valence-electron chi connectivity index (χ4n) is 3.66. The van der Waals surface area contributed by atoms with Crippen LogP contribution in [0, 0.1) is 11.8 Å². The third-order valence-corrected chi connectivity index (χ3v) is 4.73. The molecule has 2 aromatic heterocycles. The van der Waals surface area contributed by atoms with Gasteiger partial charge in [-0.05, 0) is 18.8 Å². The zero-order chi connectivity index (χ0) is 13.7. The molecule has 20 heavy (non-hydrogen) atoms. The van der Waals surface area contributed by atoms with Gasteiger partial charge in [0.1, 0.15) is 5.82 Å². The van der Waals surface area contributed by atoms with Crippen LogP contribution in [0.5, 0.6) is 0 Å². The molecule has 6 heteroatoms. The fraction of sp³-hybridized carbons (Fsp3) is 0.571. The lowest BCUT2D eigenvalue weighted by Gasteiger charge is -2.20. The molecule has 3 heterocycles. The Bertz CT molecular complexity index is 640. The monoisotopic (exact) mass is 273 g/mol. The molecule has 0 aromatic carbocycles. The van der Waals surface area contributed by atoms with Gasteiger partial charge in [0.05, 0.1) is 12.3 Å². The van der Waals surface area contributed by atoms with E-state index in [4.69, 9.17) is 0 Å². The third kappa shape index (κ3) is 1.67. The van der Waals surface area contributed by atoms with Crippen LogP contribution in [0.1, 0.15) is 12.8 Å². The molecular formula is C14H19N5O. The van der Waals surface area contributed by atoms with E-state index in [0.29, 0.717) is 11.8 Å². The second-order valence-electron chi connectivity index (χ2n) is 5.83. The summed E-state index contributed by atoms with van der Waals surface area (Å²) in [4.78, 5) is 11.4. The van der Waals surface area contributed by atoms with E-state index in [-0.39, 0.29) is 6.10 Å². The number of imidazole rings is 1. The number of hydrogen-bond donors (Lipinski definition) is 2. The Kier molecular flexibility index (Phi) is 2.60. The summed E-state index contributed by atoms with van der Waals surface area (Å²) in [6.07, 6.45) is 7.61. The zero-order valence-corrected chi connectivity index (χ0v) is 11.5. The standard InChI is InChI=1S/C14H19N5O/c1-15-12-8-18-5-4-16-13(18)14(17-12)19-6-9-2-3-11(20)10(9)7-19/h4-5,8-11,15,20H,2-3,6-7H2,1H3. The Morgan fingerprint density at radius 1 is 1.35 bits per heavy atom. The number of anilines is 2. The number of fused-ring (bicyclic) bond motifs is 2. The molecular weight excluding hydrogens is 254 g/mol. The Labute approximate surface area is 117 Å². The second kappa shape index (κ2) is 4.34. The Morgan fingerprint density at radius 2 is 2.25 bits per heavy atom. The maximum Gasteiger partial charge on any atom is 0.180 e. The van der Waals surface area contributed by atoms with Gasteiger partial charge in [-0.25, -0.2) is 9.97 Å². The fourth-order valence-corrected chi connectivity index (χ4v) is 3.66. The molecule has 2 aliphatic rings. The highest BCUT2D eigenvalue weighted by Gasteiger charge is 2.42. The summed E-state index contributed by atoms with van der Waals surface area (Å²) in [7, 11) is 1.87. The van der Waals surface area contributed by atoms with Crippen LogP contribution in [0.25, 0.3) is 5.65 Å². The van der Waals surface area contributed by atoms with Gasteiger partial charge < -0.3 is 19.7 Å². The normalized spacial score (nSPS) is 29.1. The maximum absolute atomic E-state index is 10.1. The zero-order valence-electron chi connectivity index (χ0n) is 11.5. The molecule has 2 N–H and O–H groups in total. The van der Waals surface area contributed by atoms with E-state index in [1.54, 1.807) is 6.20 Å². The van der Waals surface area contributed by atoms with Crippen LogP contribution in [-0.4, -0.2) is 45.7 Å². The molecule has 0 amide bonds. The van der Waals surface area contributed by atoms with Crippen LogP contribution in [0.15, 0.2) is 18.6 Å². The van der Waals surface area contributed by atoms with Crippen molar-refractivity contribution < 1.29 is 5.11 Å². The van der Waals surface area contributed by atoms with Gasteiger partial charge in [0.15, 0.2) is 11.5 Å². The maximum atomic E-state index is 10.1. The number of aromatic nitrogens is 3. The van der Waals surface area contributed by atoms with E-state index in [1.165, 1.54) is 0 Å². The van der Waals surface area contributed by atoms with Gasteiger partial charge in [-0.1, -0.05) is 0 Å². The van der Waals surface area contributed by atoms with E-state index < -0.39 is 0 Å². The van der Waals surface area contributed by atoms with Gasteiger partial charge in [0.25, 0.3) is 0 Å². The first-order valence-electron chi connectivity index (χ1n) is 7.20. The molecule has 0 spiro atoms. The predicted molar refractivity (Wildman–Crippen MR) is 77.0 cm³/mol. The molecule has 1 saturated heterocycles. The van der Waals surface area contributed by atoms with Crippen molar-refractivity contribution in [2.75, 3.05) is 30.4 Å². The Hall–Kier alpha value is -1.82. The molecule has 2 fully saturated rings. The molecule has 4 rings (SSSR count). The summed E-state index contributed by atoms with van der Waals surface area (Å²) in [5.41, 5.74) is 0.887. The summed E-state index contributed by atoms with van der Waals surface area (Å²) in [6, 6.07) is 0. The molecule has 3 atom stereocenters. The van der Waals surface area contributed by atoms with Crippen molar-refractivity contribution in [1.29, 1.82) is 0 Å². The summed E-state index contributed by atoms with van der Waals surface area (Å²) in [6.45, 7) is 1.86. The molecule has 1 aliphatic carbocycles. The average Bonchev–Trinajstić information content (AvgIpc) is 3.15. The summed E-state index contributed by atoms with van der Waals surface area (Å²) in [5, 5.41) is 13.2. The highest BCUT2D eigenvalue weighted by Crippen LogP contribution is 2.40. The van der Waals surface area contributed by atoms with Crippen molar-refractivity contribution in [2.45, 2.75) is 18.9 Å². The minimum atomic E-state index is -0.145. The first-order chi connectivity index (χ1) is 9.76. The van der Waals surface area contributed by atoms with Crippen LogP contribution >= 0.6 is 0 Å². The summed E-state index contributed by atoms with van der Waals surface area (Å²) in [5.74, 6) is 2.75. The third-order valence-electron chi connectivity index (χ3n) is 4.73. The summed E-state index contributed by atoms with van der Waals surface area (Å²) < 4.78 is 2.00. The van der Waals surface area contributed by atoms with Crippen LogP contribution in [-0.2, 0) is 0 Å². The molecule has 0 radical (unpaired) electrons. The second-order valence-corrected chi connectivity index (χ2v) is 5.83. The van der Waals surface area contributed by atoms with E-state index in [0.717, 1.165) is 43.2 Å². The van der Waals surface area contributed by atoms with Gasteiger partial charge in [0.2, 0.25) is 0 Å². The highest BCUT2D eigenvalue weighted by molar-refractivity contribution is 5.67. The Morgan fingerprint density at radius 3 is 3.05 bits per heavy atom. The van der Waals surface area contributed by atoms with E-state index in [9.17, 15) is 5.11 Å². The number of aliphatic hydroxyl groups is 1. The molecule has 0 bridgehead atoms. The van der Waals surface area contributed by atoms with Crippen molar-refractivity contribution in [3.8, 4) is 0 Å². The molecule has 6 nitrogen and oxygen atoms in total. The van der Waals surface area contributed by atoms with Crippen molar-refractivity contribution >= 4 is 17.3 Å². The number of rotatable bonds is 2. The number of aliphatic hydroxyl groups excluding tert-OH is 1. The van der Waals surface area contributed by atoms with E-state index in [2.05, 4.69) is 20.2 Å².